The molecular weight excluding hydrogens is 225 g/mol. The van der Waals surface area contributed by atoms with Crippen molar-refractivity contribution in [3.63, 3.8) is 0 Å². The Labute approximate surface area is 97.7 Å². The predicted octanol–water partition coefficient (Wildman–Crippen LogP) is 1.74. The topological polar surface area (TPSA) is 57.6 Å². The maximum absolute atomic E-state index is 13.6. The summed E-state index contributed by atoms with van der Waals surface area (Å²) in [4.78, 5) is 23.2. The van der Waals surface area contributed by atoms with Gasteiger partial charge in [0.25, 0.3) is 6.30 Å². The molecule has 0 saturated carbocycles. The van der Waals surface area contributed by atoms with Crippen LogP contribution in [-0.4, -0.2) is 23.3 Å². The first-order valence-electron chi connectivity index (χ1n) is 5.38. The molecule has 0 radical (unpaired) electrons. The number of carbonyl (C=O) groups is 2. The van der Waals surface area contributed by atoms with E-state index >= 15 is 0 Å². The highest BCUT2D eigenvalue weighted by Crippen LogP contribution is 2.28. The Kier molecular flexibility index (Phi) is 3.08. The van der Waals surface area contributed by atoms with Crippen molar-refractivity contribution < 1.29 is 19.1 Å². The summed E-state index contributed by atoms with van der Waals surface area (Å²) in [5.41, 5.74) is 1.17. The number of carboxylic acids is 1. The lowest BCUT2D eigenvalue weighted by molar-refractivity contribution is -0.144. The zero-order chi connectivity index (χ0) is 12.4. The highest BCUT2D eigenvalue weighted by Gasteiger charge is 2.33. The molecule has 1 N–H and O–H groups in total. The second-order valence-corrected chi connectivity index (χ2v) is 3.92. The monoisotopic (exact) mass is 237 g/mol. The average molecular weight is 237 g/mol. The van der Waals surface area contributed by atoms with Gasteiger partial charge in [-0.1, -0.05) is 18.2 Å². The molecule has 1 aliphatic rings. The molecule has 17 heavy (non-hydrogen) atoms. The number of carbonyl (C=O) groups excluding carboxylic acids is 1. The largest absolute Gasteiger partial charge is 0.478 e. The van der Waals surface area contributed by atoms with Gasteiger partial charge in [0.15, 0.2) is 0 Å². The molecule has 5 heteroatoms. The van der Waals surface area contributed by atoms with Gasteiger partial charge in [-0.2, -0.15) is 0 Å². The first-order chi connectivity index (χ1) is 8.11. The van der Waals surface area contributed by atoms with E-state index in [0.29, 0.717) is 18.5 Å². The maximum Gasteiger partial charge on any atom is 0.360 e. The predicted molar refractivity (Wildman–Crippen MR) is 59.4 cm³/mol. The quantitative estimate of drug-likeness (QED) is 0.797. The summed E-state index contributed by atoms with van der Waals surface area (Å²) in [5.74, 6) is -2.13. The van der Waals surface area contributed by atoms with Gasteiger partial charge in [-0.05, 0) is 24.5 Å². The van der Waals surface area contributed by atoms with Crippen LogP contribution in [0.3, 0.4) is 0 Å². The third-order valence-electron chi connectivity index (χ3n) is 2.79. The van der Waals surface area contributed by atoms with Crippen LogP contribution in [0.1, 0.15) is 18.4 Å². The van der Waals surface area contributed by atoms with Gasteiger partial charge in [-0.25, -0.2) is 9.18 Å². The molecule has 1 aliphatic heterocycles. The summed E-state index contributed by atoms with van der Waals surface area (Å²) < 4.78 is 13.6. The highest BCUT2D eigenvalue weighted by molar-refractivity contribution is 5.99. The number of benzene rings is 1. The molecule has 0 fully saturated rings. The first kappa shape index (κ1) is 11.6. The number of halogens is 1. The Morgan fingerprint density at radius 1 is 1.35 bits per heavy atom. The van der Waals surface area contributed by atoms with Crippen molar-refractivity contribution in [1.29, 1.82) is 0 Å². The van der Waals surface area contributed by atoms with Crippen LogP contribution in [0.15, 0.2) is 24.3 Å². The fourth-order valence-electron chi connectivity index (χ4n) is 2.00. The van der Waals surface area contributed by atoms with Crippen molar-refractivity contribution in [1.82, 2.24) is 0 Å². The van der Waals surface area contributed by atoms with E-state index in [-0.39, 0.29) is 6.42 Å². The van der Waals surface area contributed by atoms with Crippen molar-refractivity contribution in [2.75, 3.05) is 4.90 Å². The van der Waals surface area contributed by atoms with Crippen LogP contribution in [0.4, 0.5) is 10.1 Å². The third-order valence-corrected chi connectivity index (χ3v) is 2.79. The van der Waals surface area contributed by atoms with Gasteiger partial charge in [-0.15, -0.1) is 0 Å². The number of anilines is 1. The van der Waals surface area contributed by atoms with Crippen LogP contribution >= 0.6 is 0 Å². The molecule has 1 aromatic rings. The molecule has 0 spiro atoms. The SMILES string of the molecule is O=C(O)C(F)N1C(=O)CCCc2ccccc21. The third kappa shape index (κ3) is 2.13. The summed E-state index contributed by atoms with van der Waals surface area (Å²) in [7, 11) is 0. The Bertz CT molecular complexity index is 461. The minimum atomic E-state index is -2.32. The van der Waals surface area contributed by atoms with Crippen LogP contribution in [0, 0.1) is 0 Å². The second kappa shape index (κ2) is 4.53. The maximum atomic E-state index is 13.6. The van der Waals surface area contributed by atoms with Crippen LogP contribution in [0.2, 0.25) is 0 Å². The number of rotatable bonds is 2. The van der Waals surface area contributed by atoms with Crippen molar-refractivity contribution in [3.05, 3.63) is 29.8 Å². The van der Waals surface area contributed by atoms with Gasteiger partial charge >= 0.3 is 5.97 Å². The van der Waals surface area contributed by atoms with E-state index in [1.54, 1.807) is 24.3 Å². The minimum Gasteiger partial charge on any atom is -0.478 e. The van der Waals surface area contributed by atoms with Gasteiger partial charge in [0, 0.05) is 6.42 Å². The van der Waals surface area contributed by atoms with E-state index in [4.69, 9.17) is 5.11 Å². The first-order valence-corrected chi connectivity index (χ1v) is 5.38. The van der Waals surface area contributed by atoms with E-state index in [0.717, 1.165) is 10.5 Å². The molecule has 1 amide bonds. The zero-order valence-electron chi connectivity index (χ0n) is 9.10. The Balaban J connectivity index is 2.47. The summed E-state index contributed by atoms with van der Waals surface area (Å²) in [6, 6.07) is 6.82. The van der Waals surface area contributed by atoms with E-state index in [9.17, 15) is 14.0 Å². The molecule has 0 saturated heterocycles. The number of hydrogen-bond acceptors (Lipinski definition) is 2. The average Bonchev–Trinajstić information content (AvgIpc) is 2.46. The number of hydrogen-bond donors (Lipinski definition) is 1. The van der Waals surface area contributed by atoms with Gasteiger partial charge in [-0.3, -0.25) is 9.69 Å². The molecule has 0 bridgehead atoms. The fourth-order valence-corrected chi connectivity index (χ4v) is 2.00. The highest BCUT2D eigenvalue weighted by atomic mass is 19.1. The minimum absolute atomic E-state index is 0.169. The molecule has 4 nitrogen and oxygen atoms in total. The number of para-hydroxylation sites is 1. The van der Waals surface area contributed by atoms with E-state index in [1.807, 2.05) is 0 Å². The lowest BCUT2D eigenvalue weighted by Crippen LogP contribution is -2.42. The molecule has 0 aromatic heterocycles. The summed E-state index contributed by atoms with van der Waals surface area (Å²) >= 11 is 0. The Morgan fingerprint density at radius 3 is 2.76 bits per heavy atom. The lowest BCUT2D eigenvalue weighted by Gasteiger charge is -2.23. The second-order valence-electron chi connectivity index (χ2n) is 3.92. The van der Waals surface area contributed by atoms with Crippen molar-refractivity contribution in [2.45, 2.75) is 25.6 Å². The molecule has 90 valence electrons. The van der Waals surface area contributed by atoms with Crippen molar-refractivity contribution in [3.8, 4) is 0 Å². The van der Waals surface area contributed by atoms with Crippen LogP contribution in [0.5, 0.6) is 0 Å². The number of nitrogens with zero attached hydrogens (tertiary/aromatic N) is 1. The lowest BCUT2D eigenvalue weighted by atomic mass is 10.1. The van der Waals surface area contributed by atoms with Crippen LogP contribution in [0.25, 0.3) is 0 Å². The molecule has 2 rings (SSSR count). The summed E-state index contributed by atoms with van der Waals surface area (Å²) in [5, 5.41) is 8.70. The van der Waals surface area contributed by atoms with E-state index in [2.05, 4.69) is 0 Å². The molecule has 1 atom stereocenters. The zero-order valence-corrected chi connectivity index (χ0v) is 9.10. The fraction of sp³-hybridized carbons (Fsp3) is 0.333. The van der Waals surface area contributed by atoms with Gasteiger partial charge in [0.2, 0.25) is 5.91 Å². The molecule has 1 aromatic carbocycles. The summed E-state index contributed by atoms with van der Waals surface area (Å²) in [6.07, 6.45) is -0.881. The van der Waals surface area contributed by atoms with Gasteiger partial charge in [0.05, 0.1) is 5.69 Å². The number of carboxylic acid groups (broad SMARTS) is 1. The molecule has 0 aliphatic carbocycles. The van der Waals surface area contributed by atoms with E-state index < -0.39 is 18.2 Å². The van der Waals surface area contributed by atoms with E-state index in [1.165, 1.54) is 0 Å². The molecular formula is C12H12FNO3. The summed E-state index contributed by atoms with van der Waals surface area (Å²) in [6.45, 7) is 0. The molecule has 1 unspecified atom stereocenters. The van der Waals surface area contributed by atoms with Crippen LogP contribution < -0.4 is 4.90 Å². The Morgan fingerprint density at radius 2 is 2.06 bits per heavy atom. The van der Waals surface area contributed by atoms with Crippen molar-refractivity contribution >= 4 is 17.6 Å². The van der Waals surface area contributed by atoms with Gasteiger partial charge in [0.1, 0.15) is 0 Å². The standard InChI is InChI=1S/C12H12FNO3/c13-11(12(16)17)14-9-6-2-1-4-8(9)5-3-7-10(14)15/h1-2,4,6,11H,3,5,7H2,(H,16,17). The normalized spacial score (nSPS) is 17.2. The number of aryl methyl sites for hydroxylation is 1. The van der Waals surface area contributed by atoms with Crippen LogP contribution in [-0.2, 0) is 16.0 Å². The van der Waals surface area contributed by atoms with Gasteiger partial charge < -0.3 is 5.11 Å². The smallest absolute Gasteiger partial charge is 0.360 e. The number of fused-ring (bicyclic) bond motifs is 1. The number of aliphatic carboxylic acids is 1. The van der Waals surface area contributed by atoms with Crippen molar-refractivity contribution in [2.24, 2.45) is 0 Å². The number of amides is 1. The Hall–Kier alpha value is -1.91. The molecule has 1 heterocycles. The number of alkyl halides is 1.